The summed E-state index contributed by atoms with van der Waals surface area (Å²) in [4.78, 5) is 20.4. The number of sulfonamides is 1. The highest BCUT2D eigenvalue weighted by Gasteiger charge is 2.30. The topological polar surface area (TPSA) is 82.6 Å². The van der Waals surface area contributed by atoms with Crippen LogP contribution in [-0.4, -0.2) is 54.8 Å². The van der Waals surface area contributed by atoms with E-state index in [-0.39, 0.29) is 10.9 Å². The maximum atomic E-state index is 12.7. The molecule has 4 rings (SSSR count). The van der Waals surface area contributed by atoms with E-state index >= 15 is 0 Å². The van der Waals surface area contributed by atoms with E-state index in [1.165, 1.54) is 22.0 Å². The molecule has 1 N–H and O–H groups in total. The summed E-state index contributed by atoms with van der Waals surface area (Å²) < 4.78 is 26.8. The van der Waals surface area contributed by atoms with Gasteiger partial charge < -0.3 is 4.90 Å². The Balaban J connectivity index is 1.35. The highest BCUT2D eigenvalue weighted by atomic mass is 32.2. The van der Waals surface area contributed by atoms with Crippen LogP contribution in [0.2, 0.25) is 0 Å². The van der Waals surface area contributed by atoms with E-state index < -0.39 is 10.0 Å². The summed E-state index contributed by atoms with van der Waals surface area (Å²) in [7, 11) is -3.51. The van der Waals surface area contributed by atoms with Crippen LogP contribution in [0.15, 0.2) is 35.2 Å². The number of nitrogens with zero attached hydrogens (tertiary/aromatic N) is 3. The van der Waals surface area contributed by atoms with Crippen LogP contribution in [0.5, 0.6) is 0 Å². The monoisotopic (exact) mass is 420 g/mol. The normalized spacial score (nSPS) is 18.4. The zero-order valence-corrected chi connectivity index (χ0v) is 17.3. The van der Waals surface area contributed by atoms with Crippen molar-refractivity contribution in [2.24, 2.45) is 0 Å². The number of anilines is 1. The molecule has 1 saturated heterocycles. The van der Waals surface area contributed by atoms with E-state index in [1.807, 2.05) is 0 Å². The Kier molecular flexibility index (Phi) is 5.65. The minimum Gasteiger partial charge on any atom is -0.322 e. The highest BCUT2D eigenvalue weighted by molar-refractivity contribution is 7.89. The molecular formula is C19H24N4O3S2. The van der Waals surface area contributed by atoms with Crippen LogP contribution in [0.25, 0.3) is 0 Å². The molecule has 1 aliphatic heterocycles. The first-order valence-corrected chi connectivity index (χ1v) is 11.9. The molecule has 0 bridgehead atoms. The van der Waals surface area contributed by atoms with Crippen molar-refractivity contribution in [1.29, 1.82) is 0 Å². The van der Waals surface area contributed by atoms with Crippen molar-refractivity contribution in [3.8, 4) is 0 Å². The van der Waals surface area contributed by atoms with E-state index in [9.17, 15) is 13.2 Å². The fourth-order valence-electron chi connectivity index (χ4n) is 3.63. The van der Waals surface area contributed by atoms with Gasteiger partial charge in [-0.3, -0.25) is 5.32 Å². The summed E-state index contributed by atoms with van der Waals surface area (Å²) in [5.41, 5.74) is 1.12. The predicted octanol–water partition coefficient (Wildman–Crippen LogP) is 2.95. The van der Waals surface area contributed by atoms with Crippen molar-refractivity contribution in [1.82, 2.24) is 14.2 Å². The third-order valence-electron chi connectivity index (χ3n) is 5.22. The molecule has 9 heteroatoms. The first-order chi connectivity index (χ1) is 13.5. The van der Waals surface area contributed by atoms with Crippen LogP contribution in [0.3, 0.4) is 0 Å². The van der Waals surface area contributed by atoms with E-state index in [0.717, 1.165) is 25.0 Å². The first kappa shape index (κ1) is 19.4. The van der Waals surface area contributed by atoms with Gasteiger partial charge >= 0.3 is 6.03 Å². The quantitative estimate of drug-likeness (QED) is 0.774. The van der Waals surface area contributed by atoms with E-state index in [0.29, 0.717) is 31.3 Å². The Morgan fingerprint density at radius 2 is 1.71 bits per heavy atom. The Morgan fingerprint density at radius 3 is 2.46 bits per heavy atom. The number of benzene rings is 1. The number of carbonyl (C=O) groups excluding carboxylic acids is 1. The van der Waals surface area contributed by atoms with Gasteiger partial charge in [-0.1, -0.05) is 24.6 Å². The molecule has 1 fully saturated rings. The number of rotatable bonds is 3. The van der Waals surface area contributed by atoms with Gasteiger partial charge in [0.2, 0.25) is 10.0 Å². The van der Waals surface area contributed by atoms with Gasteiger partial charge in [0.25, 0.3) is 0 Å². The molecule has 1 aliphatic carbocycles. The van der Waals surface area contributed by atoms with E-state index in [4.69, 9.17) is 0 Å². The summed E-state index contributed by atoms with van der Waals surface area (Å²) in [6.07, 6.45) is 5.60. The summed E-state index contributed by atoms with van der Waals surface area (Å²) in [6, 6.07) is 8.21. The van der Waals surface area contributed by atoms with Gasteiger partial charge in [0, 0.05) is 31.1 Å². The van der Waals surface area contributed by atoms with Crippen LogP contribution in [0.4, 0.5) is 9.93 Å². The fraction of sp³-hybridized carbons (Fsp3) is 0.474. The van der Waals surface area contributed by atoms with Crippen molar-refractivity contribution in [3.05, 3.63) is 40.9 Å². The summed E-state index contributed by atoms with van der Waals surface area (Å²) in [6.45, 7) is 1.31. The lowest BCUT2D eigenvalue weighted by molar-refractivity contribution is 0.184. The SMILES string of the molecule is O=C(Nc1nc2c(s1)CCCCC2)N1CCN(S(=O)(=O)c2ccccc2)CC1. The van der Waals surface area contributed by atoms with Crippen molar-refractivity contribution in [3.63, 3.8) is 0 Å². The van der Waals surface area contributed by atoms with Crippen LogP contribution in [-0.2, 0) is 22.9 Å². The second-order valence-corrected chi connectivity index (χ2v) is 10.1. The maximum absolute atomic E-state index is 12.7. The van der Waals surface area contributed by atoms with Crippen molar-refractivity contribution >= 4 is 32.5 Å². The first-order valence-electron chi connectivity index (χ1n) is 9.64. The minimum atomic E-state index is -3.51. The molecule has 0 spiro atoms. The number of aromatic nitrogens is 1. The Labute approximate surface area is 169 Å². The number of carbonyl (C=O) groups is 1. The lowest BCUT2D eigenvalue weighted by Crippen LogP contribution is -2.51. The predicted molar refractivity (Wildman–Crippen MR) is 109 cm³/mol. The molecule has 28 heavy (non-hydrogen) atoms. The number of aryl methyl sites for hydroxylation is 2. The standard InChI is InChI=1S/C19H24N4O3S2/c24-19(21-18-20-16-9-5-2-6-10-17(16)27-18)22-11-13-23(14-12-22)28(25,26)15-7-3-1-4-8-15/h1,3-4,7-8H,2,5-6,9-14H2,(H,20,21,24). The van der Waals surface area contributed by atoms with E-state index in [2.05, 4.69) is 10.3 Å². The second kappa shape index (κ2) is 8.18. The number of amides is 2. The van der Waals surface area contributed by atoms with Gasteiger partial charge in [0.05, 0.1) is 10.6 Å². The largest absolute Gasteiger partial charge is 0.323 e. The number of piperazine rings is 1. The number of hydrogen-bond acceptors (Lipinski definition) is 5. The van der Waals surface area contributed by atoms with Crippen LogP contribution < -0.4 is 5.32 Å². The van der Waals surface area contributed by atoms with Gasteiger partial charge in [-0.25, -0.2) is 18.2 Å². The van der Waals surface area contributed by atoms with Gasteiger partial charge in [0.1, 0.15) is 0 Å². The molecule has 7 nitrogen and oxygen atoms in total. The lowest BCUT2D eigenvalue weighted by Gasteiger charge is -2.33. The number of thiazole rings is 1. The minimum absolute atomic E-state index is 0.208. The number of nitrogens with one attached hydrogen (secondary N) is 1. The summed E-state index contributed by atoms with van der Waals surface area (Å²) in [5, 5.41) is 3.55. The van der Waals surface area contributed by atoms with Gasteiger partial charge in [-0.15, -0.1) is 11.3 Å². The summed E-state index contributed by atoms with van der Waals surface area (Å²) in [5.74, 6) is 0. The Hall–Kier alpha value is -1.97. The molecule has 1 aromatic heterocycles. The average molecular weight is 421 g/mol. The average Bonchev–Trinajstić information content (AvgIpc) is 2.96. The zero-order chi connectivity index (χ0) is 19.6. The second-order valence-electron chi connectivity index (χ2n) is 7.08. The molecule has 0 atom stereocenters. The van der Waals surface area contributed by atoms with Crippen molar-refractivity contribution < 1.29 is 13.2 Å². The smallest absolute Gasteiger partial charge is 0.322 e. The molecule has 0 saturated carbocycles. The third kappa shape index (κ3) is 4.06. The lowest BCUT2D eigenvalue weighted by atomic mass is 10.2. The van der Waals surface area contributed by atoms with Crippen LogP contribution >= 0.6 is 11.3 Å². The number of fused-ring (bicyclic) bond motifs is 1. The Morgan fingerprint density at radius 1 is 1.00 bits per heavy atom. The molecule has 2 aliphatic rings. The fourth-order valence-corrected chi connectivity index (χ4v) is 6.11. The van der Waals surface area contributed by atoms with Crippen molar-refractivity contribution in [2.45, 2.75) is 37.0 Å². The zero-order valence-electron chi connectivity index (χ0n) is 15.6. The number of hydrogen-bond donors (Lipinski definition) is 1. The third-order valence-corrected chi connectivity index (χ3v) is 8.20. The van der Waals surface area contributed by atoms with Gasteiger partial charge in [-0.2, -0.15) is 4.31 Å². The van der Waals surface area contributed by atoms with Gasteiger partial charge in [-0.05, 0) is 37.8 Å². The van der Waals surface area contributed by atoms with Gasteiger partial charge in [0.15, 0.2) is 5.13 Å². The highest BCUT2D eigenvalue weighted by Crippen LogP contribution is 2.29. The van der Waals surface area contributed by atoms with Crippen molar-refractivity contribution in [2.75, 3.05) is 31.5 Å². The van der Waals surface area contributed by atoms with E-state index in [1.54, 1.807) is 46.6 Å². The molecule has 0 radical (unpaired) electrons. The number of urea groups is 1. The van der Waals surface area contributed by atoms with Crippen LogP contribution in [0.1, 0.15) is 29.8 Å². The molecule has 0 unspecified atom stereocenters. The molecule has 2 amide bonds. The van der Waals surface area contributed by atoms with Crippen LogP contribution in [0, 0.1) is 0 Å². The molecule has 2 heterocycles. The Bertz CT molecular complexity index is 912. The molecule has 2 aromatic rings. The molecular weight excluding hydrogens is 396 g/mol. The molecule has 1 aromatic carbocycles. The summed E-state index contributed by atoms with van der Waals surface area (Å²) >= 11 is 1.57. The molecule has 150 valence electrons. The maximum Gasteiger partial charge on any atom is 0.323 e.